The van der Waals surface area contributed by atoms with Crippen molar-refractivity contribution in [1.29, 1.82) is 0 Å². The van der Waals surface area contributed by atoms with Crippen molar-refractivity contribution in [2.24, 2.45) is 0 Å². The molecule has 228 valence electrons. The standard InChI is InChI=1S/C30H31Cl2N3O6S2/c1-43(40,41)34-23-8-4-5-9-24(23)35-27(21-12-10-17(31)16-22(21)32)26(19-6-2-3-7-20(19)29(35)37)28(36)33-15-14-18-11-13-25(42-18)30(38)39/h2-3,6-7,10-13,16,23-24,26-27,34H,4-5,8-9,14-15H2,1H3,(H,33,36)(H,38,39)/t23-,24-,26+,27-/m0/s1. The van der Waals surface area contributed by atoms with Crippen LogP contribution in [0.5, 0.6) is 0 Å². The SMILES string of the molecule is CS(=O)(=O)N[C@H]1CCCC[C@@H]1N1C(=O)c2ccccc2[C@@H](C(=O)NCCc2ccc(C(=O)O)s2)[C@@H]1c1ccc(Cl)cc1Cl. The number of sulfonamides is 1. The number of amides is 2. The lowest BCUT2D eigenvalue weighted by Gasteiger charge is -2.49. The van der Waals surface area contributed by atoms with Gasteiger partial charge in [-0.1, -0.05) is 60.3 Å². The molecule has 0 radical (unpaired) electrons. The number of carbonyl (C=O) groups is 3. The molecule has 3 N–H and O–H groups in total. The number of thiophene rings is 1. The molecule has 1 aliphatic heterocycles. The Morgan fingerprint density at radius 1 is 1.05 bits per heavy atom. The largest absolute Gasteiger partial charge is 0.477 e. The maximum atomic E-state index is 14.3. The van der Waals surface area contributed by atoms with Gasteiger partial charge in [0.25, 0.3) is 5.91 Å². The van der Waals surface area contributed by atoms with Gasteiger partial charge in [0.1, 0.15) is 4.88 Å². The number of carboxylic acids is 1. The van der Waals surface area contributed by atoms with E-state index in [9.17, 15) is 27.9 Å². The van der Waals surface area contributed by atoms with E-state index in [1.54, 1.807) is 53.4 Å². The Balaban J connectivity index is 1.57. The number of rotatable bonds is 9. The van der Waals surface area contributed by atoms with Crippen molar-refractivity contribution in [3.8, 4) is 0 Å². The molecule has 2 amide bonds. The van der Waals surface area contributed by atoms with Crippen molar-refractivity contribution in [2.45, 2.75) is 56.1 Å². The summed E-state index contributed by atoms with van der Waals surface area (Å²) in [5.74, 6) is -2.51. The highest BCUT2D eigenvalue weighted by Gasteiger charge is 2.49. The van der Waals surface area contributed by atoms with Crippen molar-refractivity contribution < 1.29 is 27.9 Å². The van der Waals surface area contributed by atoms with Crippen molar-refractivity contribution >= 4 is 62.3 Å². The number of carboxylic acid groups (broad SMARTS) is 1. The number of hydrogen-bond donors (Lipinski definition) is 3. The number of halogens is 2. The van der Waals surface area contributed by atoms with Crippen LogP contribution in [-0.4, -0.2) is 61.1 Å². The Morgan fingerprint density at radius 3 is 2.49 bits per heavy atom. The number of aromatic carboxylic acids is 1. The highest BCUT2D eigenvalue weighted by Crippen LogP contribution is 2.47. The van der Waals surface area contributed by atoms with Gasteiger partial charge in [0.05, 0.1) is 18.2 Å². The summed E-state index contributed by atoms with van der Waals surface area (Å²) in [5.41, 5.74) is 1.45. The molecule has 13 heteroatoms. The molecule has 2 heterocycles. The molecule has 0 bridgehead atoms. The van der Waals surface area contributed by atoms with E-state index in [-0.39, 0.29) is 28.3 Å². The first-order valence-electron chi connectivity index (χ1n) is 13.9. The Bertz CT molecular complexity index is 1660. The van der Waals surface area contributed by atoms with Gasteiger partial charge < -0.3 is 15.3 Å². The summed E-state index contributed by atoms with van der Waals surface area (Å²) in [4.78, 5) is 42.4. The van der Waals surface area contributed by atoms with Crippen LogP contribution in [0, 0.1) is 0 Å². The Morgan fingerprint density at radius 2 is 1.79 bits per heavy atom. The number of fused-ring (bicyclic) bond motifs is 1. The molecule has 4 atom stereocenters. The van der Waals surface area contributed by atoms with Gasteiger partial charge in [-0.25, -0.2) is 17.9 Å². The summed E-state index contributed by atoms with van der Waals surface area (Å²) in [6.07, 6.45) is 4.19. The van der Waals surface area contributed by atoms with Gasteiger partial charge in [-0.05, 0) is 60.7 Å². The van der Waals surface area contributed by atoms with Crippen molar-refractivity contribution in [1.82, 2.24) is 14.9 Å². The molecule has 3 aromatic rings. The number of carbonyl (C=O) groups excluding carboxylic acids is 2. The first kappa shape index (κ1) is 31.5. The number of hydrogen-bond acceptors (Lipinski definition) is 6. The van der Waals surface area contributed by atoms with E-state index in [2.05, 4.69) is 10.0 Å². The molecule has 0 spiro atoms. The highest BCUT2D eigenvalue weighted by atomic mass is 35.5. The van der Waals surface area contributed by atoms with Gasteiger partial charge in [-0.3, -0.25) is 9.59 Å². The minimum atomic E-state index is -3.59. The van der Waals surface area contributed by atoms with Crippen LogP contribution in [0.2, 0.25) is 10.0 Å². The zero-order chi connectivity index (χ0) is 30.9. The summed E-state index contributed by atoms with van der Waals surface area (Å²) in [6, 6.07) is 13.2. The zero-order valence-electron chi connectivity index (χ0n) is 23.3. The van der Waals surface area contributed by atoms with Crippen LogP contribution in [-0.2, 0) is 21.2 Å². The third kappa shape index (κ3) is 6.91. The van der Waals surface area contributed by atoms with Gasteiger partial charge in [0, 0.05) is 39.1 Å². The Hall–Kier alpha value is -2.96. The fraction of sp³-hybridized carbons (Fsp3) is 0.367. The summed E-state index contributed by atoms with van der Waals surface area (Å²) in [5, 5.41) is 12.9. The van der Waals surface area contributed by atoms with Gasteiger partial charge in [-0.15, -0.1) is 11.3 Å². The van der Waals surface area contributed by atoms with Gasteiger partial charge in [-0.2, -0.15) is 0 Å². The second kappa shape index (κ2) is 13.0. The van der Waals surface area contributed by atoms with E-state index in [0.717, 1.165) is 35.3 Å². The minimum absolute atomic E-state index is 0.221. The molecule has 1 aliphatic carbocycles. The van der Waals surface area contributed by atoms with Crippen molar-refractivity contribution in [3.63, 3.8) is 0 Å². The molecule has 0 saturated heterocycles. The van der Waals surface area contributed by atoms with Crippen LogP contribution in [0.4, 0.5) is 0 Å². The monoisotopic (exact) mass is 663 g/mol. The maximum Gasteiger partial charge on any atom is 0.345 e. The third-order valence-electron chi connectivity index (χ3n) is 7.94. The molecule has 1 aromatic heterocycles. The van der Waals surface area contributed by atoms with E-state index in [0.29, 0.717) is 41.0 Å². The first-order chi connectivity index (χ1) is 20.4. The van der Waals surface area contributed by atoms with Gasteiger partial charge in [0.2, 0.25) is 15.9 Å². The maximum absolute atomic E-state index is 14.3. The van der Waals surface area contributed by atoms with Crippen LogP contribution < -0.4 is 10.0 Å². The van der Waals surface area contributed by atoms with E-state index in [4.69, 9.17) is 23.2 Å². The average Bonchev–Trinajstić information content (AvgIpc) is 3.42. The third-order valence-corrected chi connectivity index (χ3v) is 10.4. The molecule has 1 saturated carbocycles. The van der Waals surface area contributed by atoms with Crippen LogP contribution in [0.3, 0.4) is 0 Å². The fourth-order valence-corrected chi connectivity index (χ4v) is 8.37. The molecule has 9 nitrogen and oxygen atoms in total. The quantitative estimate of drug-likeness (QED) is 0.286. The molecule has 2 aliphatic rings. The lowest BCUT2D eigenvalue weighted by atomic mass is 9.76. The second-order valence-corrected chi connectivity index (χ2v) is 14.6. The van der Waals surface area contributed by atoms with Crippen LogP contribution >= 0.6 is 34.5 Å². The Labute approximate surface area is 264 Å². The van der Waals surface area contributed by atoms with E-state index < -0.39 is 40.0 Å². The normalized spacial score (nSPS) is 22.2. The topological polar surface area (TPSA) is 133 Å². The molecule has 2 aromatic carbocycles. The number of nitrogens with one attached hydrogen (secondary N) is 2. The predicted octanol–water partition coefficient (Wildman–Crippen LogP) is 5.25. The molecular weight excluding hydrogens is 633 g/mol. The predicted molar refractivity (Wildman–Crippen MR) is 167 cm³/mol. The number of nitrogens with zero attached hydrogens (tertiary/aromatic N) is 1. The fourth-order valence-electron chi connectivity index (χ4n) is 6.17. The van der Waals surface area contributed by atoms with Gasteiger partial charge >= 0.3 is 5.97 Å². The summed E-state index contributed by atoms with van der Waals surface area (Å²) in [6.45, 7) is 0.244. The molecule has 1 fully saturated rings. The zero-order valence-corrected chi connectivity index (χ0v) is 26.4. The molecule has 5 rings (SSSR count). The first-order valence-corrected chi connectivity index (χ1v) is 17.3. The lowest BCUT2D eigenvalue weighted by Crippen LogP contribution is -2.59. The van der Waals surface area contributed by atoms with E-state index in [1.165, 1.54) is 6.07 Å². The summed E-state index contributed by atoms with van der Waals surface area (Å²) < 4.78 is 27.4. The van der Waals surface area contributed by atoms with Crippen molar-refractivity contribution in [2.75, 3.05) is 12.8 Å². The Kier molecular flexibility index (Phi) is 9.48. The molecular formula is C30H31Cl2N3O6S2. The second-order valence-electron chi connectivity index (χ2n) is 10.8. The van der Waals surface area contributed by atoms with Gasteiger partial charge in [0.15, 0.2) is 0 Å². The smallest absolute Gasteiger partial charge is 0.345 e. The number of benzene rings is 2. The van der Waals surface area contributed by atoms with Crippen LogP contribution in [0.1, 0.15) is 73.7 Å². The molecule has 43 heavy (non-hydrogen) atoms. The summed E-state index contributed by atoms with van der Waals surface area (Å²) >= 11 is 14.1. The van der Waals surface area contributed by atoms with Crippen LogP contribution in [0.25, 0.3) is 0 Å². The van der Waals surface area contributed by atoms with Crippen LogP contribution in [0.15, 0.2) is 54.6 Å². The lowest BCUT2D eigenvalue weighted by molar-refractivity contribution is -0.124. The highest BCUT2D eigenvalue weighted by molar-refractivity contribution is 7.88. The molecule has 0 unspecified atom stereocenters. The minimum Gasteiger partial charge on any atom is -0.477 e. The van der Waals surface area contributed by atoms with E-state index in [1.807, 2.05) is 0 Å². The van der Waals surface area contributed by atoms with E-state index >= 15 is 0 Å². The summed E-state index contributed by atoms with van der Waals surface area (Å²) in [7, 11) is -3.59. The average molecular weight is 665 g/mol. The van der Waals surface area contributed by atoms with Crippen molar-refractivity contribution in [3.05, 3.63) is 91.1 Å².